The number of rotatable bonds is 0. The summed E-state index contributed by atoms with van der Waals surface area (Å²) in [4.78, 5) is 4.08. The van der Waals surface area contributed by atoms with Crippen molar-refractivity contribution in [2.75, 3.05) is 12.0 Å². The van der Waals surface area contributed by atoms with E-state index >= 15 is 0 Å². The summed E-state index contributed by atoms with van der Waals surface area (Å²) in [6, 6.07) is 1.89. The fourth-order valence-electron chi connectivity index (χ4n) is 0.846. The van der Waals surface area contributed by atoms with Gasteiger partial charge in [0.2, 0.25) is 0 Å². The maximum atomic E-state index is 5.18. The average Bonchev–Trinajstić information content (AvgIpc) is 2.33. The maximum absolute atomic E-state index is 5.18. The van der Waals surface area contributed by atoms with Crippen molar-refractivity contribution in [3.8, 4) is 5.75 Å². The van der Waals surface area contributed by atoms with E-state index in [2.05, 4.69) is 26.2 Å². The fraction of sp³-hybridized carbons (Fsp3) is 0.167. The van der Waals surface area contributed by atoms with Crippen molar-refractivity contribution in [1.29, 1.82) is 0 Å². The second-order valence-corrected chi connectivity index (χ2v) is 2.88. The van der Waals surface area contributed by atoms with E-state index in [-0.39, 0.29) is 0 Å². The Bertz CT molecular complexity index is 264. The lowest BCUT2D eigenvalue weighted by Gasteiger charge is -1.94. The van der Waals surface area contributed by atoms with Gasteiger partial charge >= 0.3 is 0 Å². The van der Waals surface area contributed by atoms with Gasteiger partial charge in [0, 0.05) is 10.7 Å². The van der Waals surface area contributed by atoms with Crippen molar-refractivity contribution in [2.24, 2.45) is 0 Å². The number of pyridine rings is 1. The van der Waals surface area contributed by atoms with E-state index in [0.29, 0.717) is 6.73 Å². The van der Waals surface area contributed by atoms with Crippen LogP contribution in [0.2, 0.25) is 0 Å². The molecule has 3 nitrogen and oxygen atoms in total. The van der Waals surface area contributed by atoms with Crippen molar-refractivity contribution in [2.45, 2.75) is 0 Å². The van der Waals surface area contributed by atoms with Crippen LogP contribution >= 0.6 is 15.9 Å². The number of hydrogen-bond donors (Lipinski definition) is 1. The van der Waals surface area contributed by atoms with Gasteiger partial charge in [0.15, 0.2) is 18.3 Å². The Balaban J connectivity index is 2.52. The van der Waals surface area contributed by atoms with Gasteiger partial charge in [0.05, 0.1) is 0 Å². The third-order valence-corrected chi connectivity index (χ3v) is 1.72. The highest BCUT2D eigenvalue weighted by molar-refractivity contribution is 9.10. The number of halogens is 1. The average molecular weight is 201 g/mol. The predicted molar refractivity (Wildman–Crippen MR) is 41.1 cm³/mol. The van der Waals surface area contributed by atoms with Crippen LogP contribution in [0.5, 0.6) is 5.75 Å². The van der Waals surface area contributed by atoms with Crippen molar-refractivity contribution in [3.05, 3.63) is 16.7 Å². The summed E-state index contributed by atoms with van der Waals surface area (Å²) >= 11 is 3.29. The molecule has 52 valence electrons. The highest BCUT2D eigenvalue weighted by Crippen LogP contribution is 2.28. The molecule has 0 fully saturated rings. The van der Waals surface area contributed by atoms with Crippen LogP contribution in [-0.4, -0.2) is 11.7 Å². The quantitative estimate of drug-likeness (QED) is 0.692. The minimum Gasteiger partial charge on any atom is -0.469 e. The molecule has 1 aromatic rings. The first-order valence-electron chi connectivity index (χ1n) is 2.88. The van der Waals surface area contributed by atoms with Crippen LogP contribution in [-0.2, 0) is 0 Å². The first-order chi connectivity index (χ1) is 4.86. The summed E-state index contributed by atoms with van der Waals surface area (Å²) in [5, 5.41) is 2.97. The maximum Gasteiger partial charge on any atom is 0.171 e. The molecular formula is C6H5BrN2O. The zero-order chi connectivity index (χ0) is 6.97. The Morgan fingerprint density at radius 3 is 3.50 bits per heavy atom. The van der Waals surface area contributed by atoms with Crippen molar-refractivity contribution >= 4 is 21.7 Å². The Morgan fingerprint density at radius 1 is 1.70 bits per heavy atom. The van der Waals surface area contributed by atoms with E-state index in [4.69, 9.17) is 4.74 Å². The zero-order valence-electron chi connectivity index (χ0n) is 5.10. The van der Waals surface area contributed by atoms with Gasteiger partial charge in [-0.3, -0.25) is 0 Å². The zero-order valence-corrected chi connectivity index (χ0v) is 6.68. The number of nitrogens with zero attached hydrogens (tertiary/aromatic N) is 1. The van der Waals surface area contributed by atoms with Gasteiger partial charge in [-0.05, 0) is 22.0 Å². The van der Waals surface area contributed by atoms with Crippen LogP contribution in [0.1, 0.15) is 0 Å². The predicted octanol–water partition coefficient (Wildman–Crippen LogP) is 1.61. The molecule has 0 saturated heterocycles. The highest BCUT2D eigenvalue weighted by Gasteiger charge is 2.11. The summed E-state index contributed by atoms with van der Waals surface area (Å²) in [5.41, 5.74) is 0. The second-order valence-electron chi connectivity index (χ2n) is 1.97. The SMILES string of the molecule is Brc1cnc2c(c1)OCN2. The first-order valence-corrected chi connectivity index (χ1v) is 3.68. The smallest absolute Gasteiger partial charge is 0.171 e. The molecule has 0 spiro atoms. The lowest BCUT2D eigenvalue weighted by molar-refractivity contribution is 0.372. The summed E-state index contributed by atoms with van der Waals surface area (Å²) < 4.78 is 6.12. The van der Waals surface area contributed by atoms with E-state index in [0.717, 1.165) is 16.0 Å². The molecule has 1 aromatic heterocycles. The standard InChI is InChI=1S/C6H5BrN2O/c7-4-1-5-6(8-2-4)9-3-10-5/h1-2H,3H2,(H,8,9). The summed E-state index contributed by atoms with van der Waals surface area (Å²) in [6.07, 6.45) is 1.74. The van der Waals surface area contributed by atoms with Crippen LogP contribution < -0.4 is 10.1 Å². The number of anilines is 1. The molecule has 1 N–H and O–H groups in total. The molecule has 2 heterocycles. The Kier molecular flexibility index (Phi) is 1.27. The number of aromatic nitrogens is 1. The third kappa shape index (κ3) is 0.844. The van der Waals surface area contributed by atoms with Crippen molar-refractivity contribution in [3.63, 3.8) is 0 Å². The van der Waals surface area contributed by atoms with Gasteiger partial charge in [-0.1, -0.05) is 0 Å². The van der Waals surface area contributed by atoms with Crippen molar-refractivity contribution in [1.82, 2.24) is 4.98 Å². The van der Waals surface area contributed by atoms with Gasteiger partial charge in [0.25, 0.3) is 0 Å². The number of fused-ring (bicyclic) bond motifs is 1. The topological polar surface area (TPSA) is 34.1 Å². The summed E-state index contributed by atoms with van der Waals surface area (Å²) in [5.74, 6) is 1.64. The fourth-order valence-corrected chi connectivity index (χ4v) is 1.16. The van der Waals surface area contributed by atoms with Gasteiger partial charge in [-0.2, -0.15) is 0 Å². The molecular weight excluding hydrogens is 196 g/mol. The van der Waals surface area contributed by atoms with Crippen molar-refractivity contribution < 1.29 is 4.74 Å². The van der Waals surface area contributed by atoms with Crippen LogP contribution in [0.3, 0.4) is 0 Å². The molecule has 1 aliphatic rings. The monoisotopic (exact) mass is 200 g/mol. The van der Waals surface area contributed by atoms with E-state index in [1.165, 1.54) is 0 Å². The molecule has 2 rings (SSSR count). The minimum absolute atomic E-state index is 0.527. The van der Waals surface area contributed by atoms with E-state index in [9.17, 15) is 0 Å². The molecule has 0 bridgehead atoms. The Labute approximate surface area is 66.5 Å². The number of hydrogen-bond acceptors (Lipinski definition) is 3. The van der Waals surface area contributed by atoms with Gasteiger partial charge in [-0.25, -0.2) is 4.98 Å². The van der Waals surface area contributed by atoms with Crippen LogP contribution in [0.15, 0.2) is 16.7 Å². The van der Waals surface area contributed by atoms with Crippen LogP contribution in [0.25, 0.3) is 0 Å². The second kappa shape index (κ2) is 2.12. The molecule has 0 atom stereocenters. The van der Waals surface area contributed by atoms with Crippen LogP contribution in [0.4, 0.5) is 5.82 Å². The van der Waals surface area contributed by atoms with Gasteiger partial charge in [-0.15, -0.1) is 0 Å². The summed E-state index contributed by atoms with van der Waals surface area (Å²) in [6.45, 7) is 0.527. The normalized spacial score (nSPS) is 13.7. The molecule has 0 saturated carbocycles. The molecule has 0 aromatic carbocycles. The van der Waals surface area contributed by atoms with E-state index in [1.807, 2.05) is 6.07 Å². The molecule has 10 heavy (non-hydrogen) atoms. The number of nitrogens with one attached hydrogen (secondary N) is 1. The molecule has 4 heteroatoms. The molecule has 0 aliphatic carbocycles. The molecule has 0 amide bonds. The first kappa shape index (κ1) is 5.97. The third-order valence-electron chi connectivity index (χ3n) is 1.29. The molecule has 1 aliphatic heterocycles. The van der Waals surface area contributed by atoms with Gasteiger partial charge < -0.3 is 10.1 Å². The summed E-state index contributed by atoms with van der Waals surface area (Å²) in [7, 11) is 0. The Hall–Kier alpha value is -0.770. The highest BCUT2D eigenvalue weighted by atomic mass is 79.9. The lowest BCUT2D eigenvalue weighted by Crippen LogP contribution is -1.96. The lowest BCUT2D eigenvalue weighted by atomic mass is 10.4. The minimum atomic E-state index is 0.527. The van der Waals surface area contributed by atoms with E-state index < -0.39 is 0 Å². The molecule has 0 radical (unpaired) electrons. The largest absolute Gasteiger partial charge is 0.469 e. The van der Waals surface area contributed by atoms with Crippen LogP contribution in [0, 0.1) is 0 Å². The van der Waals surface area contributed by atoms with E-state index in [1.54, 1.807) is 6.20 Å². The Morgan fingerprint density at radius 2 is 2.60 bits per heavy atom. The molecule has 0 unspecified atom stereocenters. The van der Waals surface area contributed by atoms with Gasteiger partial charge in [0.1, 0.15) is 0 Å². The number of ether oxygens (including phenoxy) is 1.